The number of amides is 3. The van der Waals surface area contributed by atoms with Gasteiger partial charge in [-0.05, 0) is 37.7 Å². The molecule has 0 bridgehead atoms. The van der Waals surface area contributed by atoms with Crippen molar-refractivity contribution in [3.05, 3.63) is 23.8 Å². The molecule has 0 spiro atoms. The molecule has 2 heterocycles. The van der Waals surface area contributed by atoms with Gasteiger partial charge in [-0.2, -0.15) is 0 Å². The van der Waals surface area contributed by atoms with Crippen LogP contribution in [0.5, 0.6) is 0 Å². The fourth-order valence-electron chi connectivity index (χ4n) is 2.94. The summed E-state index contributed by atoms with van der Waals surface area (Å²) in [6, 6.07) is -0.0888. The number of nitrogens with one attached hydrogen (secondary N) is 2. The number of rotatable bonds is 5. The van der Waals surface area contributed by atoms with Crippen LogP contribution in [-0.4, -0.2) is 59.8 Å². The zero-order chi connectivity index (χ0) is 17.6. The number of aromatic nitrogens is 2. The molecule has 0 unspecified atom stereocenters. The van der Waals surface area contributed by atoms with Gasteiger partial charge in [0.15, 0.2) is 0 Å². The summed E-state index contributed by atoms with van der Waals surface area (Å²) in [4.78, 5) is 33.8. The molecule has 25 heavy (non-hydrogen) atoms. The van der Waals surface area contributed by atoms with Crippen LogP contribution in [0.2, 0.25) is 0 Å². The van der Waals surface area contributed by atoms with Crippen molar-refractivity contribution < 1.29 is 14.3 Å². The van der Waals surface area contributed by atoms with Crippen LogP contribution in [0.1, 0.15) is 43.0 Å². The molecule has 1 saturated heterocycles. The summed E-state index contributed by atoms with van der Waals surface area (Å²) >= 11 is 0. The van der Waals surface area contributed by atoms with Crippen LogP contribution >= 0.6 is 0 Å². The Balaban J connectivity index is 1.32. The maximum Gasteiger partial charge on any atom is 0.409 e. The highest BCUT2D eigenvalue weighted by Crippen LogP contribution is 2.37. The van der Waals surface area contributed by atoms with Gasteiger partial charge in [0.2, 0.25) is 0 Å². The minimum absolute atomic E-state index is 0.0852. The van der Waals surface area contributed by atoms with Gasteiger partial charge in [0.25, 0.3) is 0 Å². The Labute approximate surface area is 147 Å². The molecule has 1 aliphatic heterocycles. The standard InChI is InChI=1S/C17H25N5O3/c1-25-17(24)22-8-5-14(6-9-22)21-16(23)18-7-4-12-10-19-15(20-11-12)13-2-3-13/h10-11,13-14H,2-9H2,1H3,(H2,18,21,23). The maximum atomic E-state index is 12.0. The number of likely N-dealkylation sites (tertiary alicyclic amines) is 1. The minimum Gasteiger partial charge on any atom is -0.453 e. The van der Waals surface area contributed by atoms with E-state index >= 15 is 0 Å². The average molecular weight is 347 g/mol. The van der Waals surface area contributed by atoms with Crippen LogP contribution in [0, 0.1) is 0 Å². The molecular formula is C17H25N5O3. The number of carbonyl (C=O) groups is 2. The molecule has 3 rings (SSSR count). The summed E-state index contributed by atoms with van der Waals surface area (Å²) in [7, 11) is 1.38. The summed E-state index contributed by atoms with van der Waals surface area (Å²) in [5.74, 6) is 1.50. The first kappa shape index (κ1) is 17.4. The second-order valence-electron chi connectivity index (χ2n) is 6.61. The zero-order valence-corrected chi connectivity index (χ0v) is 14.5. The Morgan fingerprint density at radius 3 is 2.48 bits per heavy atom. The second-order valence-corrected chi connectivity index (χ2v) is 6.61. The molecule has 8 heteroatoms. The molecular weight excluding hydrogens is 322 g/mol. The topological polar surface area (TPSA) is 96.5 Å². The van der Waals surface area contributed by atoms with Crippen molar-refractivity contribution in [2.45, 2.75) is 44.1 Å². The number of ether oxygens (including phenoxy) is 1. The highest BCUT2D eigenvalue weighted by molar-refractivity contribution is 5.74. The highest BCUT2D eigenvalue weighted by atomic mass is 16.5. The van der Waals surface area contributed by atoms with Gasteiger partial charge in [0, 0.05) is 44.0 Å². The first-order valence-corrected chi connectivity index (χ1v) is 8.84. The third-order valence-electron chi connectivity index (χ3n) is 4.63. The molecule has 0 aromatic carbocycles. The SMILES string of the molecule is COC(=O)N1CCC(NC(=O)NCCc2cnc(C3CC3)nc2)CC1. The molecule has 136 valence electrons. The number of hydrogen-bond acceptors (Lipinski definition) is 5. The van der Waals surface area contributed by atoms with Gasteiger partial charge in [-0.15, -0.1) is 0 Å². The highest BCUT2D eigenvalue weighted by Gasteiger charge is 2.26. The Morgan fingerprint density at radius 2 is 1.88 bits per heavy atom. The van der Waals surface area contributed by atoms with Gasteiger partial charge in [-0.25, -0.2) is 19.6 Å². The van der Waals surface area contributed by atoms with E-state index in [0.29, 0.717) is 32.0 Å². The molecule has 2 aliphatic rings. The lowest BCUT2D eigenvalue weighted by atomic mass is 10.1. The van der Waals surface area contributed by atoms with E-state index < -0.39 is 0 Å². The predicted molar refractivity (Wildman–Crippen MR) is 91.2 cm³/mol. The summed E-state index contributed by atoms with van der Waals surface area (Å²) in [6.07, 6.45) is 7.96. The summed E-state index contributed by atoms with van der Waals surface area (Å²) in [5.41, 5.74) is 1.02. The van der Waals surface area contributed by atoms with Crippen molar-refractivity contribution in [1.29, 1.82) is 0 Å². The monoisotopic (exact) mass is 347 g/mol. The smallest absolute Gasteiger partial charge is 0.409 e. The van der Waals surface area contributed by atoms with Crippen molar-refractivity contribution >= 4 is 12.1 Å². The number of carbonyl (C=O) groups excluding carboxylic acids is 2. The van der Waals surface area contributed by atoms with Crippen LogP contribution in [0.15, 0.2) is 12.4 Å². The molecule has 8 nitrogen and oxygen atoms in total. The van der Waals surface area contributed by atoms with Crippen molar-refractivity contribution in [1.82, 2.24) is 25.5 Å². The van der Waals surface area contributed by atoms with E-state index in [0.717, 1.165) is 24.2 Å². The first-order chi connectivity index (χ1) is 12.2. The molecule has 1 saturated carbocycles. The minimum atomic E-state index is -0.308. The quantitative estimate of drug-likeness (QED) is 0.840. The summed E-state index contributed by atoms with van der Waals surface area (Å²) in [6.45, 7) is 1.74. The zero-order valence-electron chi connectivity index (χ0n) is 14.5. The molecule has 1 aromatic rings. The molecule has 1 aromatic heterocycles. The summed E-state index contributed by atoms with van der Waals surface area (Å²) in [5, 5.41) is 5.82. The van der Waals surface area contributed by atoms with Gasteiger partial charge >= 0.3 is 12.1 Å². The third-order valence-corrected chi connectivity index (χ3v) is 4.63. The van der Waals surface area contributed by atoms with E-state index in [2.05, 4.69) is 20.6 Å². The lowest BCUT2D eigenvalue weighted by molar-refractivity contribution is 0.110. The lowest BCUT2D eigenvalue weighted by Gasteiger charge is -2.31. The normalized spacial score (nSPS) is 17.9. The molecule has 0 atom stereocenters. The van der Waals surface area contributed by atoms with Crippen molar-refractivity contribution in [3.63, 3.8) is 0 Å². The Bertz CT molecular complexity index is 595. The number of hydrogen-bond donors (Lipinski definition) is 2. The van der Waals surface area contributed by atoms with Crippen LogP contribution in [0.4, 0.5) is 9.59 Å². The van der Waals surface area contributed by atoms with E-state index in [1.807, 2.05) is 12.4 Å². The van der Waals surface area contributed by atoms with Crippen LogP contribution in [-0.2, 0) is 11.2 Å². The van der Waals surface area contributed by atoms with Gasteiger partial charge in [0.05, 0.1) is 7.11 Å². The van der Waals surface area contributed by atoms with Gasteiger partial charge < -0.3 is 20.3 Å². The lowest BCUT2D eigenvalue weighted by Crippen LogP contribution is -2.49. The molecule has 2 fully saturated rings. The predicted octanol–water partition coefficient (Wildman–Crippen LogP) is 1.43. The van der Waals surface area contributed by atoms with Gasteiger partial charge in [-0.3, -0.25) is 0 Å². The fourth-order valence-corrected chi connectivity index (χ4v) is 2.94. The van der Waals surface area contributed by atoms with E-state index in [9.17, 15) is 9.59 Å². The molecule has 1 aliphatic carbocycles. The first-order valence-electron chi connectivity index (χ1n) is 8.84. The number of methoxy groups -OCH3 is 1. The van der Waals surface area contributed by atoms with E-state index in [1.54, 1.807) is 4.90 Å². The summed E-state index contributed by atoms with van der Waals surface area (Å²) < 4.78 is 4.70. The van der Waals surface area contributed by atoms with Crippen molar-refractivity contribution in [2.75, 3.05) is 26.7 Å². The Hall–Kier alpha value is -2.38. The molecule has 0 radical (unpaired) electrons. The Kier molecular flexibility index (Phi) is 5.67. The van der Waals surface area contributed by atoms with Gasteiger partial charge in [-0.1, -0.05) is 0 Å². The fraction of sp³-hybridized carbons (Fsp3) is 0.647. The largest absolute Gasteiger partial charge is 0.453 e. The van der Waals surface area contributed by atoms with Crippen molar-refractivity contribution in [3.8, 4) is 0 Å². The third kappa shape index (κ3) is 5.04. The molecule has 2 N–H and O–H groups in total. The van der Waals surface area contributed by atoms with E-state index in [1.165, 1.54) is 20.0 Å². The van der Waals surface area contributed by atoms with E-state index in [-0.39, 0.29) is 18.2 Å². The average Bonchev–Trinajstić information content (AvgIpc) is 3.47. The maximum absolute atomic E-state index is 12.0. The van der Waals surface area contributed by atoms with Crippen molar-refractivity contribution in [2.24, 2.45) is 0 Å². The second kappa shape index (κ2) is 8.13. The number of piperidine rings is 1. The molecule has 3 amide bonds. The van der Waals surface area contributed by atoms with Gasteiger partial charge in [0.1, 0.15) is 5.82 Å². The van der Waals surface area contributed by atoms with Crippen LogP contribution in [0.3, 0.4) is 0 Å². The Morgan fingerprint density at radius 1 is 1.20 bits per heavy atom. The van der Waals surface area contributed by atoms with Crippen LogP contribution < -0.4 is 10.6 Å². The van der Waals surface area contributed by atoms with Crippen LogP contribution in [0.25, 0.3) is 0 Å². The number of urea groups is 1. The number of nitrogens with zero attached hydrogens (tertiary/aromatic N) is 3. The van der Waals surface area contributed by atoms with E-state index in [4.69, 9.17) is 4.74 Å².